The van der Waals surface area contributed by atoms with Crippen LogP contribution < -0.4 is 10.5 Å². The van der Waals surface area contributed by atoms with Gasteiger partial charge in [0, 0.05) is 25.4 Å². The van der Waals surface area contributed by atoms with Gasteiger partial charge in [0.1, 0.15) is 23.2 Å². The zero-order valence-corrected chi connectivity index (χ0v) is 18.3. The van der Waals surface area contributed by atoms with Crippen LogP contribution in [0.25, 0.3) is 10.6 Å². The van der Waals surface area contributed by atoms with Crippen LogP contribution in [0.4, 0.5) is 0 Å². The number of nitrogens with one attached hydrogen (secondary N) is 1. The van der Waals surface area contributed by atoms with E-state index in [0.29, 0.717) is 36.8 Å². The number of methoxy groups -OCH3 is 2. The maximum absolute atomic E-state index is 12.7. The lowest BCUT2D eigenvalue weighted by atomic mass is 10.0. The minimum Gasteiger partial charge on any atom is -0.491 e. The predicted molar refractivity (Wildman–Crippen MR) is 116 cm³/mol. The third-order valence-electron chi connectivity index (χ3n) is 5.12. The summed E-state index contributed by atoms with van der Waals surface area (Å²) < 4.78 is 15.8. The van der Waals surface area contributed by atoms with E-state index in [1.165, 1.54) is 18.4 Å². The van der Waals surface area contributed by atoms with Crippen molar-refractivity contribution in [3.05, 3.63) is 35.3 Å². The zero-order chi connectivity index (χ0) is 22.4. The average molecular weight is 447 g/mol. The molecule has 1 aromatic carbocycles. The number of benzene rings is 1. The van der Waals surface area contributed by atoms with Crippen molar-refractivity contribution in [2.24, 2.45) is 11.7 Å². The molecule has 10 heteroatoms. The fourth-order valence-corrected chi connectivity index (χ4v) is 4.27. The van der Waals surface area contributed by atoms with Gasteiger partial charge in [0.05, 0.1) is 37.0 Å². The Morgan fingerprint density at radius 3 is 2.68 bits per heavy atom. The highest BCUT2D eigenvalue weighted by atomic mass is 32.1. The van der Waals surface area contributed by atoms with Crippen molar-refractivity contribution in [2.45, 2.75) is 18.9 Å². The number of nitrogen functional groups attached to an aromatic ring is 1. The Labute approximate surface area is 184 Å². The second-order valence-electron chi connectivity index (χ2n) is 7.17. The molecule has 31 heavy (non-hydrogen) atoms. The van der Waals surface area contributed by atoms with Crippen LogP contribution in [0, 0.1) is 11.3 Å². The van der Waals surface area contributed by atoms with E-state index in [-0.39, 0.29) is 24.2 Å². The maximum atomic E-state index is 12.7. The van der Waals surface area contributed by atoms with Gasteiger partial charge in [-0.05, 0) is 30.7 Å². The molecule has 1 fully saturated rings. The number of ether oxygens (including phenoxy) is 3. The van der Waals surface area contributed by atoms with E-state index >= 15 is 0 Å². The molecule has 2 aromatic rings. The lowest BCUT2D eigenvalue weighted by molar-refractivity contribution is -0.145. The normalized spacial score (nSPS) is 18.3. The van der Waals surface area contributed by atoms with Crippen molar-refractivity contribution in [3.8, 4) is 16.3 Å². The molecule has 1 aromatic heterocycles. The molecule has 0 unspecified atom stereocenters. The monoisotopic (exact) mass is 446 g/mol. The van der Waals surface area contributed by atoms with Crippen LogP contribution in [-0.2, 0) is 19.1 Å². The smallest absolute Gasteiger partial charge is 0.306 e. The number of nitrogens with two attached hydrogens (primary N) is 1. The number of rotatable bonds is 10. The molecule has 166 valence electrons. The summed E-state index contributed by atoms with van der Waals surface area (Å²) in [4.78, 5) is 31.0. The molecule has 3 N–H and O–H groups in total. The highest BCUT2D eigenvalue weighted by Crippen LogP contribution is 2.30. The number of carbonyl (C=O) groups excluding carboxylic acids is 2. The van der Waals surface area contributed by atoms with E-state index in [1.807, 2.05) is 24.3 Å². The molecule has 1 amide bonds. The second kappa shape index (κ2) is 10.4. The zero-order valence-electron chi connectivity index (χ0n) is 17.5. The number of thiazole rings is 1. The van der Waals surface area contributed by atoms with E-state index in [4.69, 9.17) is 25.4 Å². The van der Waals surface area contributed by atoms with E-state index in [9.17, 15) is 9.59 Å². The number of hydrogen-bond donors (Lipinski definition) is 2. The largest absolute Gasteiger partial charge is 0.491 e. The average Bonchev–Trinajstić information content (AvgIpc) is 3.37. The number of amidine groups is 1. The lowest BCUT2D eigenvalue weighted by Gasteiger charge is -2.24. The van der Waals surface area contributed by atoms with Gasteiger partial charge in [-0.2, -0.15) is 0 Å². The van der Waals surface area contributed by atoms with E-state index < -0.39 is 11.9 Å². The van der Waals surface area contributed by atoms with Crippen molar-refractivity contribution in [2.75, 3.05) is 34.0 Å². The number of likely N-dealkylation sites (tertiary alicyclic amines) is 1. The quantitative estimate of drug-likeness (QED) is 0.324. The number of esters is 1. The molecule has 2 atom stereocenters. The molecule has 0 aliphatic carbocycles. The summed E-state index contributed by atoms with van der Waals surface area (Å²) in [5.74, 6) is -0.199. The summed E-state index contributed by atoms with van der Waals surface area (Å²) >= 11 is 1.35. The Morgan fingerprint density at radius 1 is 1.32 bits per heavy atom. The third-order valence-corrected chi connectivity index (χ3v) is 6.20. The summed E-state index contributed by atoms with van der Waals surface area (Å²) in [6, 6.07) is 7.31. The van der Waals surface area contributed by atoms with E-state index in [2.05, 4.69) is 4.98 Å². The Hall–Kier alpha value is -2.98. The molecule has 9 nitrogen and oxygen atoms in total. The molecule has 2 heterocycles. The third kappa shape index (κ3) is 5.59. The first kappa shape index (κ1) is 22.7. The number of amides is 1. The fraction of sp³-hybridized carbons (Fsp3) is 0.429. The highest BCUT2D eigenvalue weighted by molar-refractivity contribution is 7.16. The molecule has 0 bridgehead atoms. The van der Waals surface area contributed by atoms with Crippen molar-refractivity contribution < 1.29 is 23.8 Å². The Morgan fingerprint density at radius 2 is 2.06 bits per heavy atom. The van der Waals surface area contributed by atoms with Crippen LogP contribution in [0.15, 0.2) is 30.5 Å². The van der Waals surface area contributed by atoms with Gasteiger partial charge < -0.3 is 24.8 Å². The van der Waals surface area contributed by atoms with Gasteiger partial charge in [0.25, 0.3) is 0 Å². The van der Waals surface area contributed by atoms with Crippen molar-refractivity contribution >= 4 is 29.0 Å². The van der Waals surface area contributed by atoms with Crippen molar-refractivity contribution in [3.63, 3.8) is 0 Å². The topological polar surface area (TPSA) is 128 Å². The highest BCUT2D eigenvalue weighted by Gasteiger charge is 2.40. The molecule has 1 aliphatic heterocycles. The van der Waals surface area contributed by atoms with Crippen LogP contribution in [0.2, 0.25) is 0 Å². The predicted octanol–water partition coefficient (Wildman–Crippen LogP) is 1.90. The van der Waals surface area contributed by atoms with Gasteiger partial charge in [-0.15, -0.1) is 11.3 Å². The minimum absolute atomic E-state index is 0.00153. The van der Waals surface area contributed by atoms with Crippen LogP contribution in [0.3, 0.4) is 0 Å². The summed E-state index contributed by atoms with van der Waals surface area (Å²) in [5.41, 5.74) is 6.40. The van der Waals surface area contributed by atoms with Crippen LogP contribution in [0.1, 0.15) is 17.7 Å². The van der Waals surface area contributed by atoms with Gasteiger partial charge in [-0.25, -0.2) is 4.98 Å². The lowest BCUT2D eigenvalue weighted by Crippen LogP contribution is -2.39. The summed E-state index contributed by atoms with van der Waals surface area (Å²) in [5, 5.41) is 8.26. The van der Waals surface area contributed by atoms with Crippen LogP contribution >= 0.6 is 11.3 Å². The first-order valence-electron chi connectivity index (χ1n) is 9.82. The Balaban J connectivity index is 1.63. The summed E-state index contributed by atoms with van der Waals surface area (Å²) in [6.07, 6.45) is 2.19. The number of carbonyl (C=O) groups is 2. The van der Waals surface area contributed by atoms with Gasteiger partial charge >= 0.3 is 5.97 Å². The first-order chi connectivity index (χ1) is 14.9. The Kier molecular flexibility index (Phi) is 7.59. The molecule has 3 rings (SSSR count). The number of nitrogens with zero attached hydrogens (tertiary/aromatic N) is 2. The molecule has 0 saturated carbocycles. The van der Waals surface area contributed by atoms with Crippen molar-refractivity contribution in [1.29, 1.82) is 5.41 Å². The summed E-state index contributed by atoms with van der Waals surface area (Å²) in [7, 11) is 2.91. The second-order valence-corrected chi connectivity index (χ2v) is 8.20. The SMILES string of the molecule is COCCN1C(=O)[C@H](CC(=O)OC)C[C@H]1COc1ccc(-c2ncc(C(=N)N)s2)cc1. The maximum Gasteiger partial charge on any atom is 0.306 e. The number of aromatic nitrogens is 1. The molecule has 0 radical (unpaired) electrons. The van der Waals surface area contributed by atoms with Crippen molar-refractivity contribution in [1.82, 2.24) is 9.88 Å². The molecule has 1 saturated heterocycles. The van der Waals surface area contributed by atoms with E-state index in [0.717, 1.165) is 10.6 Å². The van der Waals surface area contributed by atoms with E-state index in [1.54, 1.807) is 18.2 Å². The van der Waals surface area contributed by atoms with Crippen LogP contribution in [-0.4, -0.2) is 67.6 Å². The summed E-state index contributed by atoms with van der Waals surface area (Å²) in [6.45, 7) is 1.18. The van der Waals surface area contributed by atoms with Gasteiger partial charge in [0.15, 0.2) is 0 Å². The fourth-order valence-electron chi connectivity index (χ4n) is 3.48. The molecule has 1 aliphatic rings. The van der Waals surface area contributed by atoms with Crippen LogP contribution in [0.5, 0.6) is 5.75 Å². The molecular weight excluding hydrogens is 420 g/mol. The van der Waals surface area contributed by atoms with Gasteiger partial charge in [-0.3, -0.25) is 15.0 Å². The standard InChI is InChI=1S/C21H26N4O5S/c1-28-8-7-25-15(9-14(21(25)27)10-18(26)29-2)12-30-16-5-3-13(4-6-16)20-24-11-17(31-20)19(22)23/h3-6,11,14-15H,7-10,12H2,1-2H3,(H3,22,23)/t14-,15-/m0/s1. The molecule has 0 spiro atoms. The molecular formula is C21H26N4O5S. The first-order valence-corrected chi connectivity index (χ1v) is 10.6. The number of hydrogen-bond acceptors (Lipinski definition) is 8. The minimum atomic E-state index is -0.402. The van der Waals surface area contributed by atoms with Gasteiger partial charge in [-0.1, -0.05) is 0 Å². The Bertz CT molecular complexity index is 930. The van der Waals surface area contributed by atoms with Gasteiger partial charge in [0.2, 0.25) is 5.91 Å².